The number of amides is 2. The van der Waals surface area contributed by atoms with E-state index in [4.69, 9.17) is 0 Å². The predicted molar refractivity (Wildman–Crippen MR) is 57.5 cm³/mol. The average Bonchev–Trinajstić information content (AvgIpc) is 2.53. The molecule has 0 aliphatic carbocycles. The molecule has 1 aliphatic heterocycles. The summed E-state index contributed by atoms with van der Waals surface area (Å²) in [5, 5.41) is 0. The average molecular weight is 255 g/mol. The number of fused-ring (bicyclic) bond motifs is 1. The zero-order chi connectivity index (χ0) is 12.6. The minimum atomic E-state index is -4.34. The van der Waals surface area contributed by atoms with Gasteiger partial charge in [-0.05, 0) is 19.1 Å². The maximum atomic E-state index is 11.8. The minimum Gasteiger partial charge on any atom is -0.267 e. The second-order valence-electron chi connectivity index (χ2n) is 3.28. The first kappa shape index (κ1) is 11.7. The Morgan fingerprint density at radius 3 is 2.00 bits per heavy atom. The van der Waals surface area contributed by atoms with Crippen molar-refractivity contribution in [2.45, 2.75) is 6.92 Å². The maximum Gasteiger partial charge on any atom is 0.372 e. The van der Waals surface area contributed by atoms with E-state index in [1.165, 1.54) is 19.1 Å². The van der Waals surface area contributed by atoms with Crippen LogP contribution in [0.15, 0.2) is 24.3 Å². The fraction of sp³-hybridized carbons (Fsp3) is 0.200. The summed E-state index contributed by atoms with van der Waals surface area (Å²) >= 11 is 0. The van der Waals surface area contributed by atoms with Crippen molar-refractivity contribution in [3.63, 3.8) is 0 Å². The number of nitrogens with zero attached hydrogens (tertiary/aromatic N) is 1. The summed E-state index contributed by atoms with van der Waals surface area (Å²) in [5.41, 5.74) is 0.140. The fourth-order valence-electron chi connectivity index (χ4n) is 1.57. The Labute approximate surface area is 98.1 Å². The highest BCUT2D eigenvalue weighted by molar-refractivity contribution is 7.85. The number of rotatable bonds is 3. The van der Waals surface area contributed by atoms with Gasteiger partial charge in [-0.15, -0.1) is 4.31 Å². The number of imide groups is 1. The van der Waals surface area contributed by atoms with Gasteiger partial charge in [-0.3, -0.25) is 13.8 Å². The topological polar surface area (TPSA) is 80.8 Å². The number of carbonyl (C=O) groups excluding carboxylic acids is 2. The molecule has 0 aromatic heterocycles. The Kier molecular flexibility index (Phi) is 2.72. The van der Waals surface area contributed by atoms with Gasteiger partial charge >= 0.3 is 10.3 Å². The van der Waals surface area contributed by atoms with E-state index in [-0.39, 0.29) is 22.0 Å². The molecule has 0 bridgehead atoms. The molecular weight excluding hydrogens is 246 g/mol. The highest BCUT2D eigenvalue weighted by Crippen LogP contribution is 2.25. The van der Waals surface area contributed by atoms with E-state index in [9.17, 15) is 18.0 Å². The van der Waals surface area contributed by atoms with Gasteiger partial charge in [0.2, 0.25) is 0 Å². The monoisotopic (exact) mass is 255 g/mol. The molecule has 7 heteroatoms. The first-order valence-electron chi connectivity index (χ1n) is 4.86. The lowest BCUT2D eigenvalue weighted by Crippen LogP contribution is -2.37. The van der Waals surface area contributed by atoms with Crippen molar-refractivity contribution in [1.29, 1.82) is 0 Å². The second kappa shape index (κ2) is 3.94. The van der Waals surface area contributed by atoms with Crippen LogP contribution in [0.2, 0.25) is 0 Å². The molecule has 0 saturated carbocycles. The molecular formula is C10H9NO5S. The highest BCUT2D eigenvalue weighted by Gasteiger charge is 2.43. The zero-order valence-electron chi connectivity index (χ0n) is 8.91. The quantitative estimate of drug-likeness (QED) is 0.737. The van der Waals surface area contributed by atoms with Crippen LogP contribution in [-0.4, -0.2) is 31.1 Å². The first-order chi connectivity index (χ1) is 7.99. The third kappa shape index (κ3) is 1.73. The van der Waals surface area contributed by atoms with Crippen LogP contribution in [0.3, 0.4) is 0 Å². The van der Waals surface area contributed by atoms with Crippen molar-refractivity contribution >= 4 is 22.1 Å². The molecule has 2 amide bonds. The van der Waals surface area contributed by atoms with E-state index in [0.717, 1.165) is 0 Å². The number of hydrogen-bond donors (Lipinski definition) is 0. The van der Waals surface area contributed by atoms with Crippen molar-refractivity contribution in [2.24, 2.45) is 0 Å². The van der Waals surface area contributed by atoms with Crippen LogP contribution in [-0.2, 0) is 14.5 Å². The molecule has 1 aromatic carbocycles. The highest BCUT2D eigenvalue weighted by atomic mass is 32.2. The smallest absolute Gasteiger partial charge is 0.267 e. The van der Waals surface area contributed by atoms with Crippen LogP contribution in [0.4, 0.5) is 0 Å². The molecule has 90 valence electrons. The molecule has 0 fully saturated rings. The van der Waals surface area contributed by atoms with Crippen molar-refractivity contribution in [3.8, 4) is 0 Å². The van der Waals surface area contributed by atoms with E-state index >= 15 is 0 Å². The van der Waals surface area contributed by atoms with Crippen LogP contribution in [0, 0.1) is 0 Å². The molecule has 0 saturated heterocycles. The van der Waals surface area contributed by atoms with E-state index < -0.39 is 22.1 Å². The van der Waals surface area contributed by atoms with Gasteiger partial charge in [0.05, 0.1) is 17.7 Å². The molecule has 1 aliphatic rings. The van der Waals surface area contributed by atoms with E-state index in [1.54, 1.807) is 12.1 Å². The Hall–Kier alpha value is -1.73. The lowest BCUT2D eigenvalue weighted by atomic mass is 10.1. The maximum absolute atomic E-state index is 11.8. The van der Waals surface area contributed by atoms with E-state index in [2.05, 4.69) is 4.18 Å². The lowest BCUT2D eigenvalue weighted by molar-refractivity contribution is 0.0748. The molecule has 1 aromatic rings. The molecule has 1 heterocycles. The Balaban J connectivity index is 2.51. The van der Waals surface area contributed by atoms with Gasteiger partial charge in [-0.2, -0.15) is 8.42 Å². The molecule has 2 rings (SSSR count). The molecule has 0 unspecified atom stereocenters. The molecule has 0 N–H and O–H groups in total. The standard InChI is InChI=1S/C10H9NO5S/c1-2-16-17(14,15)11-9(12)7-5-3-4-6-8(7)10(11)13/h3-6H,2H2,1H3. The molecule has 0 radical (unpaired) electrons. The lowest BCUT2D eigenvalue weighted by Gasteiger charge is -2.12. The fourth-order valence-corrected chi connectivity index (χ4v) is 2.58. The second-order valence-corrected chi connectivity index (χ2v) is 4.74. The van der Waals surface area contributed by atoms with Crippen LogP contribution in [0.5, 0.6) is 0 Å². The summed E-state index contributed by atoms with van der Waals surface area (Å²) in [6.07, 6.45) is 0. The van der Waals surface area contributed by atoms with Gasteiger partial charge in [0.15, 0.2) is 0 Å². The molecule has 0 atom stereocenters. The summed E-state index contributed by atoms with van der Waals surface area (Å²) < 4.78 is 27.8. The van der Waals surface area contributed by atoms with Crippen molar-refractivity contribution < 1.29 is 22.2 Å². The summed E-state index contributed by atoms with van der Waals surface area (Å²) in [4.78, 5) is 23.5. The van der Waals surface area contributed by atoms with E-state index in [1.807, 2.05) is 0 Å². The van der Waals surface area contributed by atoms with Gasteiger partial charge in [0.1, 0.15) is 0 Å². The first-order valence-corrected chi connectivity index (χ1v) is 6.23. The minimum absolute atomic E-state index is 0.0702. The number of carbonyl (C=O) groups is 2. The number of benzene rings is 1. The molecule has 17 heavy (non-hydrogen) atoms. The van der Waals surface area contributed by atoms with Gasteiger partial charge in [-0.25, -0.2) is 0 Å². The summed E-state index contributed by atoms with van der Waals surface area (Å²) in [5.74, 6) is -1.75. The van der Waals surface area contributed by atoms with Crippen LogP contribution in [0.1, 0.15) is 27.6 Å². The van der Waals surface area contributed by atoms with Crippen LogP contribution < -0.4 is 0 Å². The van der Waals surface area contributed by atoms with Crippen LogP contribution in [0.25, 0.3) is 0 Å². The third-order valence-corrected chi connectivity index (χ3v) is 3.56. The predicted octanol–water partition coefficient (Wildman–Crippen LogP) is 0.564. The summed E-state index contributed by atoms with van der Waals surface area (Å²) in [6, 6.07) is 5.91. The van der Waals surface area contributed by atoms with Gasteiger partial charge in [0.25, 0.3) is 11.8 Å². The Morgan fingerprint density at radius 2 is 1.59 bits per heavy atom. The summed E-state index contributed by atoms with van der Waals surface area (Å²) in [7, 11) is -4.34. The molecule has 6 nitrogen and oxygen atoms in total. The largest absolute Gasteiger partial charge is 0.372 e. The van der Waals surface area contributed by atoms with Crippen LogP contribution >= 0.6 is 0 Å². The van der Waals surface area contributed by atoms with Gasteiger partial charge in [-0.1, -0.05) is 12.1 Å². The normalized spacial score (nSPS) is 15.2. The molecule has 0 spiro atoms. The van der Waals surface area contributed by atoms with Crippen molar-refractivity contribution in [1.82, 2.24) is 4.31 Å². The van der Waals surface area contributed by atoms with Gasteiger partial charge < -0.3 is 0 Å². The zero-order valence-corrected chi connectivity index (χ0v) is 9.73. The third-order valence-electron chi connectivity index (χ3n) is 2.25. The Bertz CT molecular complexity index is 557. The SMILES string of the molecule is CCOS(=O)(=O)N1C(=O)c2ccccc2C1=O. The Morgan fingerprint density at radius 1 is 1.12 bits per heavy atom. The number of hydrogen-bond acceptors (Lipinski definition) is 5. The van der Waals surface area contributed by atoms with Crippen molar-refractivity contribution in [2.75, 3.05) is 6.61 Å². The summed E-state index contributed by atoms with van der Waals surface area (Å²) in [6.45, 7) is 1.31. The van der Waals surface area contributed by atoms with Crippen molar-refractivity contribution in [3.05, 3.63) is 35.4 Å². The van der Waals surface area contributed by atoms with Gasteiger partial charge in [0, 0.05) is 0 Å². The van der Waals surface area contributed by atoms with E-state index in [0.29, 0.717) is 0 Å².